The standard InChI is InChI=1S/C24H27NO/c1-20(16-17-21-10-4-2-5-11-21)25-18-23-14-8-9-15-24(23)26-19-22-12-6-3-7-13-22/h2-15,20,25H,16-19H2,1H3/t20-/m1/s1. The van der Waals surface area contributed by atoms with E-state index in [1.165, 1.54) is 16.7 Å². The van der Waals surface area contributed by atoms with Gasteiger partial charge in [0.15, 0.2) is 0 Å². The number of hydrogen-bond donors (Lipinski definition) is 1. The van der Waals surface area contributed by atoms with Crippen LogP contribution in [0.1, 0.15) is 30.0 Å². The molecule has 0 heterocycles. The molecule has 3 aromatic rings. The van der Waals surface area contributed by atoms with Crippen LogP contribution in [-0.4, -0.2) is 6.04 Å². The second-order valence-corrected chi connectivity index (χ2v) is 6.69. The van der Waals surface area contributed by atoms with E-state index in [-0.39, 0.29) is 0 Å². The van der Waals surface area contributed by atoms with Gasteiger partial charge < -0.3 is 10.1 Å². The van der Waals surface area contributed by atoms with Crippen molar-refractivity contribution in [2.75, 3.05) is 0 Å². The van der Waals surface area contributed by atoms with Crippen molar-refractivity contribution in [3.05, 3.63) is 102 Å². The molecular formula is C24H27NO. The van der Waals surface area contributed by atoms with Gasteiger partial charge in [0.1, 0.15) is 12.4 Å². The van der Waals surface area contributed by atoms with Crippen LogP contribution >= 0.6 is 0 Å². The summed E-state index contributed by atoms with van der Waals surface area (Å²) >= 11 is 0. The van der Waals surface area contributed by atoms with E-state index in [4.69, 9.17) is 4.74 Å². The Morgan fingerprint density at radius 3 is 2.12 bits per heavy atom. The number of hydrogen-bond acceptors (Lipinski definition) is 2. The molecule has 3 rings (SSSR count). The molecule has 0 spiro atoms. The second kappa shape index (κ2) is 9.79. The molecule has 1 N–H and O–H groups in total. The van der Waals surface area contributed by atoms with Gasteiger partial charge in [0.05, 0.1) is 0 Å². The largest absolute Gasteiger partial charge is 0.489 e. The van der Waals surface area contributed by atoms with Crippen LogP contribution in [0.15, 0.2) is 84.9 Å². The maximum Gasteiger partial charge on any atom is 0.124 e. The number of para-hydroxylation sites is 1. The van der Waals surface area contributed by atoms with Gasteiger partial charge in [-0.3, -0.25) is 0 Å². The van der Waals surface area contributed by atoms with Crippen molar-refractivity contribution in [2.45, 2.75) is 39.0 Å². The molecule has 0 fully saturated rings. The van der Waals surface area contributed by atoms with Crippen LogP contribution in [0, 0.1) is 0 Å². The van der Waals surface area contributed by atoms with Crippen molar-refractivity contribution in [1.29, 1.82) is 0 Å². The van der Waals surface area contributed by atoms with Gasteiger partial charge in [0.2, 0.25) is 0 Å². The minimum absolute atomic E-state index is 0.456. The quantitative estimate of drug-likeness (QED) is 0.562. The van der Waals surface area contributed by atoms with Crippen LogP contribution in [0.5, 0.6) is 5.75 Å². The van der Waals surface area contributed by atoms with Crippen LogP contribution < -0.4 is 10.1 Å². The summed E-state index contributed by atoms with van der Waals surface area (Å²) in [6.45, 7) is 3.67. The molecule has 0 bridgehead atoms. The van der Waals surface area contributed by atoms with E-state index in [0.29, 0.717) is 12.6 Å². The topological polar surface area (TPSA) is 21.3 Å². The molecule has 0 aliphatic heterocycles. The third kappa shape index (κ3) is 5.75. The van der Waals surface area contributed by atoms with Crippen molar-refractivity contribution < 1.29 is 4.74 Å². The predicted molar refractivity (Wildman–Crippen MR) is 108 cm³/mol. The van der Waals surface area contributed by atoms with Crippen LogP contribution in [0.25, 0.3) is 0 Å². The van der Waals surface area contributed by atoms with Gasteiger partial charge in [0, 0.05) is 18.2 Å². The number of benzene rings is 3. The zero-order valence-electron chi connectivity index (χ0n) is 15.4. The summed E-state index contributed by atoms with van der Waals surface area (Å²) in [6.07, 6.45) is 2.22. The van der Waals surface area contributed by atoms with E-state index in [1.807, 2.05) is 24.3 Å². The van der Waals surface area contributed by atoms with Gasteiger partial charge in [0.25, 0.3) is 0 Å². The van der Waals surface area contributed by atoms with E-state index < -0.39 is 0 Å². The molecule has 1 atom stereocenters. The summed E-state index contributed by atoms with van der Waals surface area (Å²) in [5.74, 6) is 0.958. The van der Waals surface area contributed by atoms with E-state index in [9.17, 15) is 0 Å². The molecule has 3 aromatic carbocycles. The fraction of sp³-hybridized carbons (Fsp3) is 0.250. The van der Waals surface area contributed by atoms with E-state index in [2.05, 4.69) is 72.9 Å². The van der Waals surface area contributed by atoms with Gasteiger partial charge >= 0.3 is 0 Å². The molecule has 2 heteroatoms. The summed E-state index contributed by atoms with van der Waals surface area (Å²) in [4.78, 5) is 0. The Bertz CT molecular complexity index is 770. The Morgan fingerprint density at radius 2 is 1.38 bits per heavy atom. The number of ether oxygens (including phenoxy) is 1. The molecule has 0 saturated carbocycles. The second-order valence-electron chi connectivity index (χ2n) is 6.69. The highest BCUT2D eigenvalue weighted by molar-refractivity contribution is 5.33. The van der Waals surface area contributed by atoms with Crippen LogP contribution in [0.2, 0.25) is 0 Å². The summed E-state index contributed by atoms with van der Waals surface area (Å²) in [5, 5.41) is 3.63. The first-order valence-electron chi connectivity index (χ1n) is 9.33. The SMILES string of the molecule is C[C@H](CCc1ccccc1)NCc1ccccc1OCc1ccccc1. The first kappa shape index (κ1) is 18.2. The maximum atomic E-state index is 6.04. The Morgan fingerprint density at radius 1 is 0.769 bits per heavy atom. The van der Waals surface area contributed by atoms with Crippen molar-refractivity contribution in [3.63, 3.8) is 0 Å². The Labute approximate surface area is 156 Å². The van der Waals surface area contributed by atoms with Crippen molar-refractivity contribution in [1.82, 2.24) is 5.32 Å². The monoisotopic (exact) mass is 345 g/mol. The lowest BCUT2D eigenvalue weighted by atomic mass is 10.1. The normalized spacial score (nSPS) is 11.9. The first-order chi connectivity index (χ1) is 12.8. The minimum Gasteiger partial charge on any atom is -0.489 e. The molecule has 2 nitrogen and oxygen atoms in total. The third-order valence-corrected chi connectivity index (χ3v) is 4.56. The molecule has 0 aliphatic carbocycles. The molecule has 0 radical (unpaired) electrons. The highest BCUT2D eigenvalue weighted by atomic mass is 16.5. The fourth-order valence-electron chi connectivity index (χ4n) is 2.94. The summed E-state index contributed by atoms with van der Waals surface area (Å²) < 4.78 is 6.04. The molecular weight excluding hydrogens is 318 g/mol. The van der Waals surface area contributed by atoms with Crippen molar-refractivity contribution >= 4 is 0 Å². The fourth-order valence-corrected chi connectivity index (χ4v) is 2.94. The Balaban J connectivity index is 1.49. The Hall–Kier alpha value is -2.58. The summed E-state index contributed by atoms with van der Waals surface area (Å²) in [6, 6.07) is 29.7. The summed E-state index contributed by atoms with van der Waals surface area (Å²) in [7, 11) is 0. The van der Waals surface area contributed by atoms with Crippen LogP contribution in [-0.2, 0) is 19.6 Å². The molecule has 26 heavy (non-hydrogen) atoms. The average molecular weight is 345 g/mol. The lowest BCUT2D eigenvalue weighted by Crippen LogP contribution is -2.26. The molecule has 0 aromatic heterocycles. The smallest absolute Gasteiger partial charge is 0.124 e. The average Bonchev–Trinajstić information content (AvgIpc) is 2.71. The van der Waals surface area contributed by atoms with E-state index >= 15 is 0 Å². The third-order valence-electron chi connectivity index (χ3n) is 4.56. The van der Waals surface area contributed by atoms with Gasteiger partial charge in [-0.2, -0.15) is 0 Å². The van der Waals surface area contributed by atoms with Gasteiger partial charge in [-0.05, 0) is 37.0 Å². The van der Waals surface area contributed by atoms with Crippen LogP contribution in [0.4, 0.5) is 0 Å². The number of rotatable bonds is 9. The highest BCUT2D eigenvalue weighted by Gasteiger charge is 2.07. The van der Waals surface area contributed by atoms with Crippen molar-refractivity contribution in [2.24, 2.45) is 0 Å². The van der Waals surface area contributed by atoms with E-state index in [0.717, 1.165) is 25.1 Å². The molecule has 0 aliphatic rings. The molecule has 0 unspecified atom stereocenters. The van der Waals surface area contributed by atoms with Gasteiger partial charge in [-0.1, -0.05) is 78.9 Å². The van der Waals surface area contributed by atoms with Crippen molar-refractivity contribution in [3.8, 4) is 5.75 Å². The molecule has 0 amide bonds. The molecule has 0 saturated heterocycles. The zero-order chi connectivity index (χ0) is 18.0. The van der Waals surface area contributed by atoms with Gasteiger partial charge in [-0.15, -0.1) is 0 Å². The maximum absolute atomic E-state index is 6.04. The summed E-state index contributed by atoms with van der Waals surface area (Å²) in [5.41, 5.74) is 3.79. The predicted octanol–water partition coefficient (Wildman–Crippen LogP) is 5.38. The zero-order valence-corrected chi connectivity index (χ0v) is 15.4. The van der Waals surface area contributed by atoms with Crippen LogP contribution in [0.3, 0.4) is 0 Å². The lowest BCUT2D eigenvalue weighted by Gasteiger charge is -2.16. The number of aryl methyl sites for hydroxylation is 1. The highest BCUT2D eigenvalue weighted by Crippen LogP contribution is 2.19. The minimum atomic E-state index is 0.456. The van der Waals surface area contributed by atoms with Gasteiger partial charge in [-0.25, -0.2) is 0 Å². The lowest BCUT2D eigenvalue weighted by molar-refractivity contribution is 0.301. The molecule has 134 valence electrons. The number of nitrogens with one attached hydrogen (secondary N) is 1. The van der Waals surface area contributed by atoms with E-state index in [1.54, 1.807) is 0 Å². The Kier molecular flexibility index (Phi) is 6.86. The first-order valence-corrected chi connectivity index (χ1v) is 9.33.